The third kappa shape index (κ3) is 4.76. The fraction of sp³-hybridized carbons (Fsp3) is 0.562. The van der Waals surface area contributed by atoms with Crippen LogP contribution in [0.4, 0.5) is 5.69 Å². The number of amides is 1. The molecule has 1 aromatic rings. The highest BCUT2D eigenvalue weighted by Gasteiger charge is 2.14. The van der Waals surface area contributed by atoms with Gasteiger partial charge in [-0.05, 0) is 43.5 Å². The lowest BCUT2D eigenvalue weighted by atomic mass is 10.1. The Hall–Kier alpha value is -1.71. The number of likely N-dealkylation sites (tertiary alicyclic amines) is 1. The molecule has 1 aromatic carbocycles. The summed E-state index contributed by atoms with van der Waals surface area (Å²) < 4.78 is 5.65. The fourth-order valence-electron chi connectivity index (χ4n) is 2.46. The maximum Gasteiger partial charge on any atom is 0.222 e. The fourth-order valence-corrected chi connectivity index (χ4v) is 2.46. The maximum absolute atomic E-state index is 11.9. The van der Waals surface area contributed by atoms with Gasteiger partial charge in [-0.3, -0.25) is 4.79 Å². The second kappa shape index (κ2) is 7.78. The zero-order valence-corrected chi connectivity index (χ0v) is 12.0. The number of nitrogens with zero attached hydrogens (tertiary/aromatic N) is 1. The number of hydrogen-bond acceptors (Lipinski definition) is 3. The van der Waals surface area contributed by atoms with Crippen LogP contribution in [0.25, 0.3) is 0 Å². The minimum Gasteiger partial charge on any atom is -0.494 e. The van der Waals surface area contributed by atoms with E-state index in [0.29, 0.717) is 18.9 Å². The SMILES string of the molecule is Nc1ccc(OCCCN2CCCCCCC2=O)cc1. The van der Waals surface area contributed by atoms with Crippen LogP contribution in [0.5, 0.6) is 5.75 Å². The number of rotatable bonds is 5. The number of carbonyl (C=O) groups excluding carboxylic acids is 1. The molecule has 0 unspecified atom stereocenters. The van der Waals surface area contributed by atoms with Crippen LogP contribution in [-0.4, -0.2) is 30.5 Å². The van der Waals surface area contributed by atoms with Crippen molar-refractivity contribution >= 4 is 11.6 Å². The molecule has 0 bridgehead atoms. The second-order valence-electron chi connectivity index (χ2n) is 5.32. The van der Waals surface area contributed by atoms with Gasteiger partial charge in [-0.1, -0.05) is 12.8 Å². The Labute approximate surface area is 120 Å². The van der Waals surface area contributed by atoms with Crippen LogP contribution >= 0.6 is 0 Å². The standard InChI is InChI=1S/C16H24N2O2/c17-14-7-9-15(10-8-14)20-13-5-12-18-11-4-2-1-3-6-16(18)19/h7-10H,1-6,11-13,17H2. The molecule has 2 N–H and O–H groups in total. The average Bonchev–Trinajstić information content (AvgIpc) is 2.44. The Kier molecular flexibility index (Phi) is 5.71. The van der Waals surface area contributed by atoms with Crippen LogP contribution < -0.4 is 10.5 Å². The normalized spacial score (nSPS) is 16.6. The third-order valence-corrected chi connectivity index (χ3v) is 3.64. The topological polar surface area (TPSA) is 55.6 Å². The van der Waals surface area contributed by atoms with Gasteiger partial charge in [-0.15, -0.1) is 0 Å². The average molecular weight is 276 g/mol. The van der Waals surface area contributed by atoms with Crippen molar-refractivity contribution in [3.8, 4) is 5.75 Å². The summed E-state index contributed by atoms with van der Waals surface area (Å²) in [6.45, 7) is 2.34. The van der Waals surface area contributed by atoms with E-state index in [1.54, 1.807) is 0 Å². The van der Waals surface area contributed by atoms with Gasteiger partial charge in [0.2, 0.25) is 5.91 Å². The Balaban J connectivity index is 1.68. The van der Waals surface area contributed by atoms with Gasteiger partial charge in [-0.25, -0.2) is 0 Å². The Morgan fingerprint density at radius 1 is 1.10 bits per heavy atom. The Morgan fingerprint density at radius 3 is 2.65 bits per heavy atom. The lowest BCUT2D eigenvalue weighted by Crippen LogP contribution is -2.34. The van der Waals surface area contributed by atoms with Gasteiger partial charge in [0, 0.05) is 25.2 Å². The molecule has 1 saturated heterocycles. The lowest BCUT2D eigenvalue weighted by molar-refractivity contribution is -0.131. The molecule has 20 heavy (non-hydrogen) atoms. The van der Waals surface area contributed by atoms with Crippen molar-refractivity contribution in [1.82, 2.24) is 4.90 Å². The van der Waals surface area contributed by atoms with Crippen molar-refractivity contribution in [2.24, 2.45) is 0 Å². The molecule has 0 atom stereocenters. The van der Waals surface area contributed by atoms with Crippen LogP contribution in [0, 0.1) is 0 Å². The summed E-state index contributed by atoms with van der Waals surface area (Å²) in [7, 11) is 0. The molecule has 1 heterocycles. The van der Waals surface area contributed by atoms with E-state index in [1.165, 1.54) is 12.8 Å². The highest BCUT2D eigenvalue weighted by atomic mass is 16.5. The summed E-state index contributed by atoms with van der Waals surface area (Å²) in [5.74, 6) is 1.13. The number of nitrogens with two attached hydrogens (primary N) is 1. The molecule has 110 valence electrons. The van der Waals surface area contributed by atoms with Crippen molar-refractivity contribution in [1.29, 1.82) is 0 Å². The van der Waals surface area contributed by atoms with E-state index in [9.17, 15) is 4.79 Å². The van der Waals surface area contributed by atoms with Crippen molar-refractivity contribution in [3.63, 3.8) is 0 Å². The number of benzene rings is 1. The Bertz CT molecular complexity index is 417. The molecule has 0 spiro atoms. The summed E-state index contributed by atoms with van der Waals surface area (Å²) in [6, 6.07) is 7.40. The van der Waals surface area contributed by atoms with Crippen LogP contribution in [0.2, 0.25) is 0 Å². The number of hydrogen-bond donors (Lipinski definition) is 1. The van der Waals surface area contributed by atoms with Crippen LogP contribution in [0.3, 0.4) is 0 Å². The summed E-state index contributed by atoms with van der Waals surface area (Å²) in [5.41, 5.74) is 6.36. The van der Waals surface area contributed by atoms with Gasteiger partial charge in [-0.2, -0.15) is 0 Å². The molecule has 1 amide bonds. The van der Waals surface area contributed by atoms with Gasteiger partial charge in [0.15, 0.2) is 0 Å². The molecule has 4 nitrogen and oxygen atoms in total. The van der Waals surface area contributed by atoms with Gasteiger partial charge in [0.05, 0.1) is 6.61 Å². The van der Waals surface area contributed by atoms with Gasteiger partial charge in [0.1, 0.15) is 5.75 Å². The predicted octanol–water partition coefficient (Wildman–Crippen LogP) is 2.83. The minimum atomic E-state index is 0.303. The molecule has 0 radical (unpaired) electrons. The first-order chi connectivity index (χ1) is 9.75. The number of anilines is 1. The molecule has 2 rings (SSSR count). The number of nitrogen functional groups attached to an aromatic ring is 1. The molecule has 4 heteroatoms. The number of carbonyl (C=O) groups is 1. The zero-order valence-electron chi connectivity index (χ0n) is 12.0. The number of ether oxygens (including phenoxy) is 1. The third-order valence-electron chi connectivity index (χ3n) is 3.64. The van der Waals surface area contributed by atoms with Crippen LogP contribution in [0.1, 0.15) is 38.5 Å². The zero-order chi connectivity index (χ0) is 14.2. The first-order valence-corrected chi connectivity index (χ1v) is 7.52. The molecule has 0 aliphatic carbocycles. The van der Waals surface area contributed by atoms with Crippen molar-refractivity contribution in [2.75, 3.05) is 25.4 Å². The van der Waals surface area contributed by atoms with Gasteiger partial charge in [0.25, 0.3) is 0 Å². The molecule has 0 aromatic heterocycles. The summed E-state index contributed by atoms with van der Waals surface area (Å²) in [5, 5.41) is 0. The highest BCUT2D eigenvalue weighted by Crippen LogP contribution is 2.14. The molecular formula is C16H24N2O2. The quantitative estimate of drug-likeness (QED) is 0.664. The molecule has 0 saturated carbocycles. The van der Waals surface area contributed by atoms with E-state index >= 15 is 0 Å². The van der Waals surface area contributed by atoms with E-state index < -0.39 is 0 Å². The van der Waals surface area contributed by atoms with Crippen molar-refractivity contribution in [2.45, 2.75) is 38.5 Å². The van der Waals surface area contributed by atoms with E-state index in [4.69, 9.17) is 10.5 Å². The molecular weight excluding hydrogens is 252 g/mol. The first-order valence-electron chi connectivity index (χ1n) is 7.52. The molecule has 1 aliphatic heterocycles. The van der Waals surface area contributed by atoms with Crippen molar-refractivity contribution in [3.05, 3.63) is 24.3 Å². The first kappa shape index (κ1) is 14.7. The van der Waals surface area contributed by atoms with Crippen LogP contribution in [-0.2, 0) is 4.79 Å². The smallest absolute Gasteiger partial charge is 0.222 e. The monoisotopic (exact) mass is 276 g/mol. The predicted molar refractivity (Wildman–Crippen MR) is 80.6 cm³/mol. The van der Waals surface area contributed by atoms with Crippen molar-refractivity contribution < 1.29 is 9.53 Å². The molecule has 1 aliphatic rings. The van der Waals surface area contributed by atoms with E-state index in [1.807, 2.05) is 29.2 Å². The van der Waals surface area contributed by atoms with Crippen LogP contribution in [0.15, 0.2) is 24.3 Å². The summed E-state index contributed by atoms with van der Waals surface area (Å²) in [4.78, 5) is 13.9. The Morgan fingerprint density at radius 2 is 1.85 bits per heavy atom. The minimum absolute atomic E-state index is 0.303. The maximum atomic E-state index is 11.9. The highest BCUT2D eigenvalue weighted by molar-refractivity contribution is 5.76. The lowest BCUT2D eigenvalue weighted by Gasteiger charge is -2.24. The molecule has 1 fully saturated rings. The van der Waals surface area contributed by atoms with E-state index in [0.717, 1.165) is 43.8 Å². The second-order valence-corrected chi connectivity index (χ2v) is 5.32. The van der Waals surface area contributed by atoms with E-state index in [2.05, 4.69) is 0 Å². The van der Waals surface area contributed by atoms with E-state index in [-0.39, 0.29) is 0 Å². The summed E-state index contributed by atoms with van der Waals surface area (Å²) >= 11 is 0. The van der Waals surface area contributed by atoms with Gasteiger partial charge >= 0.3 is 0 Å². The van der Waals surface area contributed by atoms with Gasteiger partial charge < -0.3 is 15.4 Å². The summed E-state index contributed by atoms with van der Waals surface area (Å²) in [6.07, 6.45) is 6.18. The largest absolute Gasteiger partial charge is 0.494 e.